The van der Waals surface area contributed by atoms with Crippen LogP contribution in [-0.2, 0) is 26.1 Å². The van der Waals surface area contributed by atoms with Gasteiger partial charge in [0.2, 0.25) is 5.28 Å². The molecule has 1 saturated carbocycles. The highest BCUT2D eigenvalue weighted by Gasteiger charge is 2.52. The second-order valence-corrected chi connectivity index (χ2v) is 11.2. The number of anilines is 1. The topological polar surface area (TPSA) is 94.2 Å². The molecule has 0 bridgehead atoms. The lowest BCUT2D eigenvalue weighted by atomic mass is 9.74. The van der Waals surface area contributed by atoms with Crippen molar-refractivity contribution in [3.63, 3.8) is 0 Å². The zero-order chi connectivity index (χ0) is 25.9. The Morgan fingerprint density at radius 3 is 2.81 bits per heavy atom. The molecule has 37 heavy (non-hydrogen) atoms. The van der Waals surface area contributed by atoms with Crippen LogP contribution in [0.5, 0.6) is 0 Å². The first-order valence-corrected chi connectivity index (χ1v) is 13.3. The maximum absolute atomic E-state index is 12.7. The molecule has 2 unspecified atom stereocenters. The molecule has 2 aromatic heterocycles. The van der Waals surface area contributed by atoms with E-state index >= 15 is 0 Å². The van der Waals surface area contributed by atoms with E-state index < -0.39 is 0 Å². The van der Waals surface area contributed by atoms with E-state index in [0.717, 1.165) is 55.1 Å². The quantitative estimate of drug-likeness (QED) is 0.563. The molecule has 6 rings (SSSR count). The summed E-state index contributed by atoms with van der Waals surface area (Å²) in [6.45, 7) is 2.56. The van der Waals surface area contributed by atoms with Gasteiger partial charge in [-0.1, -0.05) is 24.3 Å². The van der Waals surface area contributed by atoms with E-state index in [4.69, 9.17) is 21.6 Å². The highest BCUT2D eigenvalue weighted by Crippen LogP contribution is 2.51. The number of halogens is 1. The maximum atomic E-state index is 12.7. The third kappa shape index (κ3) is 3.77. The van der Waals surface area contributed by atoms with Gasteiger partial charge in [-0.3, -0.25) is 14.4 Å². The molecule has 1 amide bonds. The second kappa shape index (κ2) is 8.96. The summed E-state index contributed by atoms with van der Waals surface area (Å²) in [7, 11) is 5.57. The summed E-state index contributed by atoms with van der Waals surface area (Å²) in [5, 5.41) is 14.8. The van der Waals surface area contributed by atoms with Crippen LogP contribution in [0.4, 0.5) is 5.82 Å². The molecular weight excluding hydrogens is 488 g/mol. The van der Waals surface area contributed by atoms with E-state index in [2.05, 4.69) is 52.3 Å². The van der Waals surface area contributed by atoms with E-state index in [0.29, 0.717) is 30.5 Å². The summed E-state index contributed by atoms with van der Waals surface area (Å²) in [5.74, 6) is 1.59. The minimum atomic E-state index is -0.264. The number of aromatic nitrogens is 4. The summed E-state index contributed by atoms with van der Waals surface area (Å²) in [4.78, 5) is 28.3. The molecule has 1 fully saturated rings. The number of nitrogens with zero attached hydrogens (tertiary/aromatic N) is 8. The molecule has 4 heterocycles. The molecule has 0 radical (unpaired) electrons. The largest absolute Gasteiger partial charge is 0.350 e. The van der Waals surface area contributed by atoms with Crippen molar-refractivity contribution < 1.29 is 4.79 Å². The number of nitriles is 1. The first-order chi connectivity index (χ1) is 17.8. The van der Waals surface area contributed by atoms with Crippen molar-refractivity contribution >= 4 is 23.3 Å². The van der Waals surface area contributed by atoms with Gasteiger partial charge in [0.05, 0.1) is 17.9 Å². The zero-order valence-electron chi connectivity index (χ0n) is 21.5. The fourth-order valence-corrected chi connectivity index (χ4v) is 6.97. The van der Waals surface area contributed by atoms with Crippen LogP contribution in [0.25, 0.3) is 0 Å². The molecule has 0 aromatic carbocycles. The number of carbonyl (C=O) groups is 1. The van der Waals surface area contributed by atoms with Crippen LogP contribution in [0.1, 0.15) is 52.3 Å². The molecule has 0 saturated heterocycles. The Balaban J connectivity index is 1.38. The van der Waals surface area contributed by atoms with Crippen LogP contribution in [0, 0.1) is 23.2 Å². The van der Waals surface area contributed by atoms with Crippen LogP contribution in [0.15, 0.2) is 24.3 Å². The minimum absolute atomic E-state index is 0.0285. The number of aryl methyl sites for hydroxylation is 1. The van der Waals surface area contributed by atoms with Crippen molar-refractivity contribution in [1.82, 2.24) is 29.5 Å². The Kier molecular flexibility index (Phi) is 5.85. The number of carbonyl (C=O) groups excluding carboxylic acids is 1. The third-order valence-electron chi connectivity index (χ3n) is 8.67. The summed E-state index contributed by atoms with van der Waals surface area (Å²) in [6.07, 6.45) is 13.0. The van der Waals surface area contributed by atoms with Crippen LogP contribution >= 0.6 is 11.6 Å². The number of hydrogen-bond donors (Lipinski definition) is 0. The van der Waals surface area contributed by atoms with Crippen LogP contribution in [-0.4, -0.2) is 68.7 Å². The first-order valence-electron chi connectivity index (χ1n) is 12.9. The maximum Gasteiger partial charge on any atom is 0.275 e. The average Bonchev–Trinajstić information content (AvgIpc) is 3.34. The lowest BCUT2D eigenvalue weighted by Crippen LogP contribution is -2.54. The second-order valence-electron chi connectivity index (χ2n) is 10.9. The molecule has 4 aliphatic rings. The number of fused-ring (bicyclic) bond motifs is 4. The molecule has 3 atom stereocenters. The Hall–Kier alpha value is -3.22. The summed E-state index contributed by atoms with van der Waals surface area (Å²) >= 11 is 6.54. The van der Waals surface area contributed by atoms with E-state index in [1.807, 2.05) is 4.68 Å². The number of hydrogen-bond acceptors (Lipinski definition) is 7. The first kappa shape index (κ1) is 24.1. The smallest absolute Gasteiger partial charge is 0.275 e. The van der Waals surface area contributed by atoms with Gasteiger partial charge in [0.1, 0.15) is 17.5 Å². The zero-order valence-corrected chi connectivity index (χ0v) is 22.2. The van der Waals surface area contributed by atoms with Gasteiger partial charge in [0.15, 0.2) is 5.69 Å². The molecule has 1 spiro atoms. The normalized spacial score (nSPS) is 26.4. The van der Waals surface area contributed by atoms with Gasteiger partial charge in [-0.25, -0.2) is 9.97 Å². The summed E-state index contributed by atoms with van der Waals surface area (Å²) in [6, 6.07) is 2.24. The van der Waals surface area contributed by atoms with Crippen molar-refractivity contribution in [3.05, 3.63) is 57.8 Å². The van der Waals surface area contributed by atoms with Gasteiger partial charge in [-0.05, 0) is 43.8 Å². The monoisotopic (exact) mass is 518 g/mol. The van der Waals surface area contributed by atoms with Gasteiger partial charge in [0.25, 0.3) is 5.91 Å². The standard InChI is InChI=1S/C27H31ClN8O/c1-33(2)25(37)23-18(14-29)22-16-35(11-6-12-36(22)32-23)24-19-15-34(3)27(13-21(19)30-26(28)31-24)10-9-17-7-4-5-8-20(17)27/h4-5,7-8,17,20H,6,9-13,15-16H2,1-3H3/t17?,20?,27-/m0/s1. The molecular formula is C27H31ClN8O. The highest BCUT2D eigenvalue weighted by atomic mass is 35.5. The summed E-state index contributed by atoms with van der Waals surface area (Å²) < 4.78 is 1.81. The molecule has 0 N–H and O–H groups in total. The fraction of sp³-hybridized carbons (Fsp3) is 0.519. The van der Waals surface area contributed by atoms with Gasteiger partial charge in [0, 0.05) is 57.2 Å². The lowest BCUT2D eigenvalue weighted by molar-refractivity contribution is 0.0671. The Labute approximate surface area is 222 Å². The van der Waals surface area contributed by atoms with Crippen LogP contribution in [0.2, 0.25) is 5.28 Å². The number of rotatable bonds is 2. The van der Waals surface area contributed by atoms with Gasteiger partial charge >= 0.3 is 0 Å². The SMILES string of the molecule is CN(C)C(=O)c1nn2c(c1C#N)CN(c1nc(Cl)nc3c1CN(C)[C@@]1(CCC4C=CC=CC41)C3)CCC2. The number of likely N-dealkylation sites (N-methyl/N-ethyl adjacent to an activating group) is 1. The van der Waals surface area contributed by atoms with Crippen molar-refractivity contribution in [2.45, 2.75) is 50.9 Å². The molecule has 192 valence electrons. The Bertz CT molecular complexity index is 1370. The van der Waals surface area contributed by atoms with E-state index in [-0.39, 0.29) is 22.4 Å². The molecule has 2 aliphatic heterocycles. The van der Waals surface area contributed by atoms with Crippen molar-refractivity contribution in [3.8, 4) is 6.07 Å². The van der Waals surface area contributed by atoms with Crippen molar-refractivity contribution in [2.24, 2.45) is 11.8 Å². The van der Waals surface area contributed by atoms with Crippen LogP contribution < -0.4 is 4.90 Å². The van der Waals surface area contributed by atoms with E-state index in [1.54, 1.807) is 14.1 Å². The molecule has 10 heteroatoms. The summed E-state index contributed by atoms with van der Waals surface area (Å²) in [5.41, 5.74) is 3.45. The lowest BCUT2D eigenvalue weighted by Gasteiger charge is -2.48. The molecule has 2 aliphatic carbocycles. The average molecular weight is 519 g/mol. The number of amides is 1. The minimum Gasteiger partial charge on any atom is -0.350 e. The van der Waals surface area contributed by atoms with Gasteiger partial charge in [-0.15, -0.1) is 0 Å². The number of allylic oxidation sites excluding steroid dienone is 3. The van der Waals surface area contributed by atoms with E-state index in [9.17, 15) is 10.1 Å². The molecule has 2 aromatic rings. The highest BCUT2D eigenvalue weighted by molar-refractivity contribution is 6.28. The predicted octanol–water partition coefficient (Wildman–Crippen LogP) is 3.19. The fourth-order valence-electron chi connectivity index (χ4n) is 6.79. The molecule has 9 nitrogen and oxygen atoms in total. The van der Waals surface area contributed by atoms with Crippen molar-refractivity contribution in [1.29, 1.82) is 5.26 Å². The van der Waals surface area contributed by atoms with Gasteiger partial charge < -0.3 is 9.80 Å². The van der Waals surface area contributed by atoms with Crippen LogP contribution in [0.3, 0.4) is 0 Å². The van der Waals surface area contributed by atoms with E-state index in [1.165, 1.54) is 11.3 Å². The predicted molar refractivity (Wildman–Crippen MR) is 140 cm³/mol. The third-order valence-corrected chi connectivity index (χ3v) is 8.84. The Morgan fingerprint density at radius 1 is 1.22 bits per heavy atom. The van der Waals surface area contributed by atoms with Crippen molar-refractivity contribution in [2.75, 3.05) is 32.6 Å². The van der Waals surface area contributed by atoms with Gasteiger partial charge in [-0.2, -0.15) is 10.4 Å². The Morgan fingerprint density at radius 2 is 2.03 bits per heavy atom.